The Labute approximate surface area is 74.7 Å². The number of nitriles is 1. The molecular formula is C9H18N2O. The van der Waals surface area contributed by atoms with Crippen LogP contribution in [0.2, 0.25) is 0 Å². The van der Waals surface area contributed by atoms with Crippen molar-refractivity contribution in [3.63, 3.8) is 0 Å². The maximum Gasteiger partial charge on any atom is 0.119 e. The van der Waals surface area contributed by atoms with Gasteiger partial charge < -0.3 is 10.1 Å². The summed E-state index contributed by atoms with van der Waals surface area (Å²) in [7, 11) is 1.76. The summed E-state index contributed by atoms with van der Waals surface area (Å²) in [6, 6.07) is 1.92. The van der Waals surface area contributed by atoms with Crippen LogP contribution in [0.5, 0.6) is 0 Å². The molecule has 0 spiro atoms. The molecule has 0 bridgehead atoms. The largest absolute Gasteiger partial charge is 0.376 e. The highest BCUT2D eigenvalue weighted by Gasteiger charge is 2.10. The second-order valence-corrected chi connectivity index (χ2v) is 3.25. The summed E-state index contributed by atoms with van der Waals surface area (Å²) in [6.45, 7) is 6.69. The van der Waals surface area contributed by atoms with Crippen LogP contribution in [-0.2, 0) is 4.74 Å². The van der Waals surface area contributed by atoms with Crippen LogP contribution < -0.4 is 5.32 Å². The summed E-state index contributed by atoms with van der Waals surface area (Å²) in [6.07, 6.45) is 0.217. The molecule has 1 N–H and O–H groups in total. The zero-order chi connectivity index (χ0) is 9.56. The monoisotopic (exact) mass is 170 g/mol. The van der Waals surface area contributed by atoms with Gasteiger partial charge in [0.2, 0.25) is 0 Å². The predicted octanol–water partition coefficient (Wildman–Crippen LogP) is 1.16. The highest BCUT2D eigenvalue weighted by molar-refractivity contribution is 4.88. The highest BCUT2D eigenvalue weighted by Crippen LogP contribution is 2.05. The van der Waals surface area contributed by atoms with Crippen molar-refractivity contribution in [3.05, 3.63) is 0 Å². The van der Waals surface area contributed by atoms with E-state index in [0.717, 1.165) is 0 Å². The topological polar surface area (TPSA) is 45.0 Å². The van der Waals surface area contributed by atoms with E-state index in [-0.39, 0.29) is 12.1 Å². The number of hydrogen-bond acceptors (Lipinski definition) is 3. The van der Waals surface area contributed by atoms with Gasteiger partial charge in [-0.2, -0.15) is 5.26 Å². The molecule has 0 aromatic carbocycles. The Morgan fingerprint density at radius 2 is 2.00 bits per heavy atom. The summed E-state index contributed by atoms with van der Waals surface area (Å²) >= 11 is 0. The normalized spacial score (nSPS) is 15.7. The van der Waals surface area contributed by atoms with Crippen LogP contribution in [0.1, 0.15) is 20.8 Å². The Morgan fingerprint density at radius 3 is 2.33 bits per heavy atom. The van der Waals surface area contributed by atoms with Gasteiger partial charge in [-0.15, -0.1) is 0 Å². The van der Waals surface area contributed by atoms with Gasteiger partial charge in [0.25, 0.3) is 0 Å². The minimum Gasteiger partial charge on any atom is -0.376 e. The molecule has 3 nitrogen and oxygen atoms in total. The molecule has 0 saturated carbocycles. The van der Waals surface area contributed by atoms with E-state index in [4.69, 9.17) is 10.00 Å². The number of nitrogens with one attached hydrogen (secondary N) is 1. The SMILES string of the molecule is CNC(C#N)COC(C)C(C)C. The molecule has 0 aromatic rings. The quantitative estimate of drug-likeness (QED) is 0.673. The summed E-state index contributed by atoms with van der Waals surface area (Å²) < 4.78 is 5.46. The summed E-state index contributed by atoms with van der Waals surface area (Å²) in [4.78, 5) is 0. The van der Waals surface area contributed by atoms with Gasteiger partial charge >= 0.3 is 0 Å². The Hall–Kier alpha value is -0.590. The molecular weight excluding hydrogens is 152 g/mol. The summed E-state index contributed by atoms with van der Waals surface area (Å²) in [5.41, 5.74) is 0. The third kappa shape index (κ3) is 4.32. The molecule has 0 aliphatic heterocycles. The lowest BCUT2D eigenvalue weighted by molar-refractivity contribution is 0.0302. The second kappa shape index (κ2) is 5.99. The summed E-state index contributed by atoms with van der Waals surface area (Å²) in [5.74, 6) is 0.501. The van der Waals surface area contributed by atoms with Gasteiger partial charge in [-0.05, 0) is 19.9 Å². The smallest absolute Gasteiger partial charge is 0.119 e. The van der Waals surface area contributed by atoms with Crippen LogP contribution in [0.4, 0.5) is 0 Å². The van der Waals surface area contributed by atoms with Crippen molar-refractivity contribution in [2.24, 2.45) is 5.92 Å². The van der Waals surface area contributed by atoms with E-state index < -0.39 is 0 Å². The number of ether oxygens (including phenoxy) is 1. The first kappa shape index (κ1) is 11.4. The molecule has 3 heteroatoms. The number of rotatable bonds is 5. The zero-order valence-electron chi connectivity index (χ0n) is 8.29. The summed E-state index contributed by atoms with van der Waals surface area (Å²) in [5, 5.41) is 11.4. The second-order valence-electron chi connectivity index (χ2n) is 3.25. The third-order valence-electron chi connectivity index (χ3n) is 1.97. The van der Waals surface area contributed by atoms with Crippen LogP contribution in [0, 0.1) is 17.2 Å². The highest BCUT2D eigenvalue weighted by atomic mass is 16.5. The molecule has 0 aromatic heterocycles. The minimum atomic E-state index is -0.189. The van der Waals surface area contributed by atoms with Gasteiger partial charge in [0, 0.05) is 0 Å². The number of nitrogens with zero attached hydrogens (tertiary/aromatic N) is 1. The molecule has 2 atom stereocenters. The first-order valence-corrected chi connectivity index (χ1v) is 4.30. The Balaban J connectivity index is 3.60. The van der Waals surface area contributed by atoms with Crippen molar-refractivity contribution in [2.45, 2.75) is 32.9 Å². The van der Waals surface area contributed by atoms with Crippen molar-refractivity contribution in [1.82, 2.24) is 5.32 Å². The fraction of sp³-hybridized carbons (Fsp3) is 0.889. The van der Waals surface area contributed by atoms with E-state index in [2.05, 4.69) is 25.2 Å². The molecule has 12 heavy (non-hydrogen) atoms. The van der Waals surface area contributed by atoms with Crippen LogP contribution in [0.15, 0.2) is 0 Å². The Bertz CT molecular complexity index is 151. The molecule has 2 unspecified atom stereocenters. The first-order chi connectivity index (χ1) is 5.61. The van der Waals surface area contributed by atoms with Gasteiger partial charge in [0.05, 0.1) is 18.8 Å². The lowest BCUT2D eigenvalue weighted by Gasteiger charge is -2.18. The van der Waals surface area contributed by atoms with E-state index >= 15 is 0 Å². The van der Waals surface area contributed by atoms with Gasteiger partial charge in [-0.3, -0.25) is 0 Å². The third-order valence-corrected chi connectivity index (χ3v) is 1.97. The molecule has 0 aliphatic carbocycles. The molecule has 0 saturated heterocycles. The zero-order valence-corrected chi connectivity index (χ0v) is 8.29. The Kier molecular flexibility index (Phi) is 5.69. The minimum absolute atomic E-state index is 0.189. The average molecular weight is 170 g/mol. The Morgan fingerprint density at radius 1 is 1.42 bits per heavy atom. The lowest BCUT2D eigenvalue weighted by atomic mass is 10.1. The molecule has 0 heterocycles. The molecule has 0 amide bonds. The van der Waals surface area contributed by atoms with E-state index in [9.17, 15) is 0 Å². The van der Waals surface area contributed by atoms with Gasteiger partial charge in [0.1, 0.15) is 6.04 Å². The van der Waals surface area contributed by atoms with Gasteiger partial charge in [0.15, 0.2) is 0 Å². The van der Waals surface area contributed by atoms with Crippen molar-refractivity contribution in [1.29, 1.82) is 5.26 Å². The number of likely N-dealkylation sites (N-methyl/N-ethyl adjacent to an activating group) is 1. The maximum absolute atomic E-state index is 8.59. The van der Waals surface area contributed by atoms with Crippen molar-refractivity contribution < 1.29 is 4.74 Å². The van der Waals surface area contributed by atoms with Crippen molar-refractivity contribution in [2.75, 3.05) is 13.7 Å². The standard InChI is InChI=1S/C9H18N2O/c1-7(2)8(3)12-6-9(5-10)11-4/h7-9,11H,6H2,1-4H3. The predicted molar refractivity (Wildman–Crippen MR) is 48.7 cm³/mol. The van der Waals surface area contributed by atoms with E-state index in [0.29, 0.717) is 12.5 Å². The van der Waals surface area contributed by atoms with Crippen LogP contribution in [0.25, 0.3) is 0 Å². The fourth-order valence-corrected chi connectivity index (χ4v) is 0.626. The van der Waals surface area contributed by atoms with Gasteiger partial charge in [-0.1, -0.05) is 13.8 Å². The van der Waals surface area contributed by atoms with Crippen LogP contribution in [-0.4, -0.2) is 25.8 Å². The number of hydrogen-bond donors (Lipinski definition) is 1. The van der Waals surface area contributed by atoms with E-state index in [1.54, 1.807) is 7.05 Å². The van der Waals surface area contributed by atoms with E-state index in [1.165, 1.54) is 0 Å². The van der Waals surface area contributed by atoms with E-state index in [1.807, 2.05) is 6.92 Å². The molecule has 0 aliphatic rings. The van der Waals surface area contributed by atoms with Gasteiger partial charge in [-0.25, -0.2) is 0 Å². The molecule has 0 fully saturated rings. The van der Waals surface area contributed by atoms with Crippen molar-refractivity contribution >= 4 is 0 Å². The van der Waals surface area contributed by atoms with Crippen LogP contribution >= 0.6 is 0 Å². The lowest BCUT2D eigenvalue weighted by Crippen LogP contribution is -2.31. The molecule has 0 radical (unpaired) electrons. The molecule has 0 rings (SSSR count). The van der Waals surface area contributed by atoms with Crippen molar-refractivity contribution in [3.8, 4) is 6.07 Å². The first-order valence-electron chi connectivity index (χ1n) is 4.30. The maximum atomic E-state index is 8.59. The fourth-order valence-electron chi connectivity index (χ4n) is 0.626. The average Bonchev–Trinajstić information content (AvgIpc) is 2.05. The van der Waals surface area contributed by atoms with Crippen LogP contribution in [0.3, 0.4) is 0 Å². The molecule has 70 valence electrons.